The summed E-state index contributed by atoms with van der Waals surface area (Å²) in [5, 5.41) is 11.8. The molecule has 4 nitrogen and oxygen atoms in total. The van der Waals surface area contributed by atoms with Crippen molar-refractivity contribution in [3.8, 4) is 0 Å². The Bertz CT molecular complexity index is 458. The molecule has 0 unspecified atom stereocenters. The first-order valence-corrected chi connectivity index (χ1v) is 5.80. The molecule has 0 aliphatic carbocycles. The molecule has 0 saturated carbocycles. The number of hydrogen-bond acceptors (Lipinski definition) is 3. The molecule has 0 bridgehead atoms. The van der Waals surface area contributed by atoms with Crippen molar-refractivity contribution in [1.82, 2.24) is 5.32 Å². The van der Waals surface area contributed by atoms with Crippen molar-refractivity contribution in [1.29, 1.82) is 0 Å². The Morgan fingerprint density at radius 1 is 1.28 bits per heavy atom. The topological polar surface area (TPSA) is 66.4 Å². The van der Waals surface area contributed by atoms with Crippen molar-refractivity contribution >= 4 is 11.8 Å². The molecular formula is C13H14FNO3. The lowest BCUT2D eigenvalue weighted by atomic mass is 9.87. The van der Waals surface area contributed by atoms with Gasteiger partial charge in [0, 0.05) is 12.5 Å². The van der Waals surface area contributed by atoms with E-state index in [9.17, 15) is 14.0 Å². The Labute approximate surface area is 104 Å². The summed E-state index contributed by atoms with van der Waals surface area (Å²) in [6.07, 6.45) is 0.580. The van der Waals surface area contributed by atoms with E-state index in [0.29, 0.717) is 19.5 Å². The largest absolute Gasteiger partial charge is 0.475 e. The molecule has 0 radical (unpaired) electrons. The second-order valence-electron chi connectivity index (χ2n) is 4.52. The zero-order valence-electron chi connectivity index (χ0n) is 9.73. The Kier molecular flexibility index (Phi) is 3.72. The molecule has 1 fully saturated rings. The van der Waals surface area contributed by atoms with E-state index in [0.717, 1.165) is 5.56 Å². The standard InChI is InChI=1S/C13H14FNO3/c14-10-3-1-8(2-4-10)5-9-6-15-7-11(9)12(16)13(17)18/h1-4,9,11,15H,5-7H2,(H,17,18)/t9-,11-/m0/s1. The molecule has 96 valence electrons. The average molecular weight is 251 g/mol. The average Bonchev–Trinajstić information content (AvgIpc) is 2.79. The molecule has 0 aromatic heterocycles. The van der Waals surface area contributed by atoms with Gasteiger partial charge in [-0.05, 0) is 36.6 Å². The Morgan fingerprint density at radius 2 is 1.94 bits per heavy atom. The van der Waals surface area contributed by atoms with Crippen molar-refractivity contribution < 1.29 is 19.1 Å². The fourth-order valence-corrected chi connectivity index (χ4v) is 2.34. The molecule has 1 aromatic carbocycles. The molecule has 1 aliphatic heterocycles. The van der Waals surface area contributed by atoms with Crippen LogP contribution in [0.5, 0.6) is 0 Å². The van der Waals surface area contributed by atoms with E-state index in [1.807, 2.05) is 0 Å². The van der Waals surface area contributed by atoms with Gasteiger partial charge in [0.2, 0.25) is 5.78 Å². The number of aliphatic carboxylic acids is 1. The molecule has 1 aromatic rings. The number of carboxylic acid groups (broad SMARTS) is 1. The molecule has 1 heterocycles. The minimum absolute atomic E-state index is 0.0425. The van der Waals surface area contributed by atoms with E-state index >= 15 is 0 Å². The fourth-order valence-electron chi connectivity index (χ4n) is 2.34. The third kappa shape index (κ3) is 2.73. The number of carboxylic acids is 1. The van der Waals surface area contributed by atoms with Crippen LogP contribution in [-0.4, -0.2) is 29.9 Å². The lowest BCUT2D eigenvalue weighted by Gasteiger charge is -2.15. The van der Waals surface area contributed by atoms with Crippen LogP contribution < -0.4 is 5.32 Å². The van der Waals surface area contributed by atoms with Crippen LogP contribution in [0.2, 0.25) is 0 Å². The molecule has 2 atom stereocenters. The summed E-state index contributed by atoms with van der Waals surface area (Å²) in [7, 11) is 0. The summed E-state index contributed by atoms with van der Waals surface area (Å²) in [6.45, 7) is 1.01. The van der Waals surface area contributed by atoms with Crippen molar-refractivity contribution in [3.63, 3.8) is 0 Å². The van der Waals surface area contributed by atoms with Gasteiger partial charge in [-0.3, -0.25) is 4.79 Å². The minimum atomic E-state index is -1.38. The fraction of sp³-hybridized carbons (Fsp3) is 0.385. The van der Waals surface area contributed by atoms with Gasteiger partial charge in [0.05, 0.1) is 0 Å². The van der Waals surface area contributed by atoms with Gasteiger partial charge in [-0.1, -0.05) is 12.1 Å². The maximum absolute atomic E-state index is 12.8. The summed E-state index contributed by atoms with van der Waals surface area (Å²) in [5.41, 5.74) is 0.910. The molecule has 2 rings (SSSR count). The highest BCUT2D eigenvalue weighted by atomic mass is 19.1. The highest BCUT2D eigenvalue weighted by Gasteiger charge is 2.35. The maximum Gasteiger partial charge on any atom is 0.372 e. The van der Waals surface area contributed by atoms with Gasteiger partial charge in [0.15, 0.2) is 0 Å². The number of Topliss-reactive ketones (excluding diaryl/α,β-unsaturated/α-hetero) is 1. The van der Waals surface area contributed by atoms with Crippen LogP contribution in [0, 0.1) is 17.7 Å². The molecule has 1 aliphatic rings. The summed E-state index contributed by atoms with van der Waals surface area (Å²) in [6, 6.07) is 6.06. The third-order valence-electron chi connectivity index (χ3n) is 3.30. The minimum Gasteiger partial charge on any atom is -0.475 e. The van der Waals surface area contributed by atoms with E-state index in [1.165, 1.54) is 12.1 Å². The van der Waals surface area contributed by atoms with Crippen LogP contribution in [-0.2, 0) is 16.0 Å². The number of nitrogens with one attached hydrogen (secondary N) is 1. The number of carbonyl (C=O) groups excluding carboxylic acids is 1. The number of hydrogen-bond donors (Lipinski definition) is 2. The highest BCUT2D eigenvalue weighted by molar-refractivity contribution is 6.33. The Hall–Kier alpha value is -1.75. The number of benzene rings is 1. The summed E-state index contributed by atoms with van der Waals surface area (Å²) < 4.78 is 12.8. The van der Waals surface area contributed by atoms with E-state index in [-0.39, 0.29) is 11.7 Å². The number of rotatable bonds is 4. The number of carbonyl (C=O) groups is 2. The first-order chi connectivity index (χ1) is 8.58. The number of ketones is 1. The molecule has 1 saturated heterocycles. The normalized spacial score (nSPS) is 22.9. The van der Waals surface area contributed by atoms with Crippen molar-refractivity contribution in [3.05, 3.63) is 35.6 Å². The van der Waals surface area contributed by atoms with Crippen molar-refractivity contribution in [2.24, 2.45) is 11.8 Å². The first-order valence-electron chi connectivity index (χ1n) is 5.80. The molecule has 2 N–H and O–H groups in total. The van der Waals surface area contributed by atoms with E-state index < -0.39 is 17.7 Å². The summed E-state index contributed by atoms with van der Waals surface area (Å²) >= 11 is 0. The van der Waals surface area contributed by atoms with Gasteiger partial charge >= 0.3 is 5.97 Å². The predicted octanol–water partition coefficient (Wildman–Crippen LogP) is 0.857. The second-order valence-corrected chi connectivity index (χ2v) is 4.52. The molecule has 5 heteroatoms. The highest BCUT2D eigenvalue weighted by Crippen LogP contribution is 2.22. The van der Waals surface area contributed by atoms with Gasteiger partial charge in [-0.15, -0.1) is 0 Å². The maximum atomic E-state index is 12.8. The summed E-state index contributed by atoms with van der Waals surface area (Å²) in [4.78, 5) is 22.2. The van der Waals surface area contributed by atoms with Crippen LogP contribution >= 0.6 is 0 Å². The van der Waals surface area contributed by atoms with E-state index in [2.05, 4.69) is 5.32 Å². The summed E-state index contributed by atoms with van der Waals surface area (Å²) in [5.74, 6) is -2.96. The van der Waals surface area contributed by atoms with Gasteiger partial charge < -0.3 is 10.4 Å². The Morgan fingerprint density at radius 3 is 2.56 bits per heavy atom. The van der Waals surface area contributed by atoms with Crippen LogP contribution in [0.1, 0.15) is 5.56 Å². The predicted molar refractivity (Wildman–Crippen MR) is 62.6 cm³/mol. The van der Waals surface area contributed by atoms with Gasteiger partial charge in [0.1, 0.15) is 5.82 Å². The van der Waals surface area contributed by atoms with Gasteiger partial charge in [-0.2, -0.15) is 0 Å². The SMILES string of the molecule is O=C(O)C(=O)[C@H]1CNC[C@@H]1Cc1ccc(F)cc1. The van der Waals surface area contributed by atoms with Crippen LogP contribution in [0.15, 0.2) is 24.3 Å². The number of halogens is 1. The van der Waals surface area contributed by atoms with Crippen LogP contribution in [0.3, 0.4) is 0 Å². The second kappa shape index (κ2) is 5.27. The monoisotopic (exact) mass is 251 g/mol. The molecule has 0 spiro atoms. The van der Waals surface area contributed by atoms with Gasteiger partial charge in [-0.25, -0.2) is 9.18 Å². The third-order valence-corrected chi connectivity index (χ3v) is 3.30. The van der Waals surface area contributed by atoms with Crippen LogP contribution in [0.4, 0.5) is 4.39 Å². The van der Waals surface area contributed by atoms with E-state index in [4.69, 9.17) is 5.11 Å². The quantitative estimate of drug-likeness (QED) is 0.779. The van der Waals surface area contributed by atoms with Crippen molar-refractivity contribution in [2.45, 2.75) is 6.42 Å². The smallest absolute Gasteiger partial charge is 0.372 e. The first kappa shape index (κ1) is 12.7. The van der Waals surface area contributed by atoms with E-state index in [1.54, 1.807) is 12.1 Å². The zero-order valence-corrected chi connectivity index (χ0v) is 9.73. The van der Waals surface area contributed by atoms with Gasteiger partial charge in [0.25, 0.3) is 0 Å². The van der Waals surface area contributed by atoms with Crippen LogP contribution in [0.25, 0.3) is 0 Å². The molecular weight excluding hydrogens is 237 g/mol. The lowest BCUT2D eigenvalue weighted by Crippen LogP contribution is -2.30. The Balaban J connectivity index is 2.06. The molecule has 18 heavy (non-hydrogen) atoms. The van der Waals surface area contributed by atoms with Crippen molar-refractivity contribution in [2.75, 3.05) is 13.1 Å². The lowest BCUT2D eigenvalue weighted by molar-refractivity contribution is -0.151. The zero-order chi connectivity index (χ0) is 13.1. The molecule has 0 amide bonds.